The second-order valence-corrected chi connectivity index (χ2v) is 16.8. The molecule has 204 valence electrons. The van der Waals surface area contributed by atoms with Crippen LogP contribution >= 0.6 is 0 Å². The summed E-state index contributed by atoms with van der Waals surface area (Å²) >= 11 is 0. The van der Waals surface area contributed by atoms with Gasteiger partial charge >= 0.3 is 5.97 Å². The number of hydrogen-bond acceptors (Lipinski definition) is 3. The molecule has 0 bridgehead atoms. The van der Waals surface area contributed by atoms with E-state index in [1.165, 1.54) is 44.9 Å². The van der Waals surface area contributed by atoms with Gasteiger partial charge < -0.3 is 4.74 Å². The summed E-state index contributed by atoms with van der Waals surface area (Å²) < 4.78 is 5.89. The van der Waals surface area contributed by atoms with Crippen LogP contribution in [0.3, 0.4) is 0 Å². The molecule has 5 saturated carbocycles. The number of Topliss-reactive ketones (excluding diaryl/α,β-unsaturated/α-hetero) is 1. The van der Waals surface area contributed by atoms with Crippen molar-refractivity contribution in [3.05, 3.63) is 0 Å². The van der Waals surface area contributed by atoms with Crippen LogP contribution in [-0.4, -0.2) is 17.9 Å². The summed E-state index contributed by atoms with van der Waals surface area (Å²) in [6.07, 6.45) is 11.3. The van der Waals surface area contributed by atoms with Gasteiger partial charge in [-0.25, -0.2) is 0 Å². The zero-order valence-electron chi connectivity index (χ0n) is 25.1. The molecule has 36 heavy (non-hydrogen) atoms. The molecule has 0 aromatic heterocycles. The SMILES string of the molecule is CC(=O)OC1CCC2(C)C(CCC3(C)C2CC(=O)C2(C)C4CC(C)(C)CCC4(C)CCC32C)C1(C)C. The quantitative estimate of drug-likeness (QED) is 0.341. The van der Waals surface area contributed by atoms with Crippen LogP contribution in [0.5, 0.6) is 0 Å². The lowest BCUT2D eigenvalue weighted by Crippen LogP contribution is -2.72. The Hall–Kier alpha value is -0.860. The van der Waals surface area contributed by atoms with Gasteiger partial charge in [-0.05, 0) is 103 Å². The number of carbonyl (C=O) groups excluding carboxylic acids is 2. The van der Waals surface area contributed by atoms with Crippen LogP contribution in [0.4, 0.5) is 0 Å². The molecular formula is C33H54O3. The summed E-state index contributed by atoms with van der Waals surface area (Å²) in [5, 5.41) is 0. The van der Waals surface area contributed by atoms with Gasteiger partial charge in [0.15, 0.2) is 0 Å². The van der Waals surface area contributed by atoms with Gasteiger partial charge in [0.1, 0.15) is 11.9 Å². The lowest BCUT2D eigenvalue weighted by molar-refractivity contribution is -0.269. The zero-order valence-corrected chi connectivity index (χ0v) is 25.1. The first-order chi connectivity index (χ1) is 16.4. The van der Waals surface area contributed by atoms with Crippen LogP contribution in [0, 0.1) is 55.7 Å². The summed E-state index contributed by atoms with van der Waals surface area (Å²) in [5.41, 5.74) is 0.621. The minimum Gasteiger partial charge on any atom is -0.462 e. The fraction of sp³-hybridized carbons (Fsp3) is 0.939. The monoisotopic (exact) mass is 498 g/mol. The van der Waals surface area contributed by atoms with Gasteiger partial charge in [-0.3, -0.25) is 9.59 Å². The molecule has 9 atom stereocenters. The maximum Gasteiger partial charge on any atom is 0.302 e. The number of fused-ring (bicyclic) bond motifs is 7. The third kappa shape index (κ3) is 3.16. The Morgan fingerprint density at radius 1 is 0.778 bits per heavy atom. The van der Waals surface area contributed by atoms with Gasteiger partial charge in [-0.2, -0.15) is 0 Å². The molecule has 5 fully saturated rings. The van der Waals surface area contributed by atoms with Crippen molar-refractivity contribution in [1.82, 2.24) is 0 Å². The molecule has 0 N–H and O–H groups in total. The fourth-order valence-corrected chi connectivity index (χ4v) is 11.9. The van der Waals surface area contributed by atoms with Crippen molar-refractivity contribution in [3.63, 3.8) is 0 Å². The molecule has 5 rings (SSSR count). The Labute approximate surface area is 221 Å². The van der Waals surface area contributed by atoms with Crippen LogP contribution in [-0.2, 0) is 14.3 Å². The maximum atomic E-state index is 14.7. The lowest BCUT2D eigenvalue weighted by atomic mass is 9.28. The number of ether oxygens (including phenoxy) is 1. The van der Waals surface area contributed by atoms with Crippen LogP contribution in [0.15, 0.2) is 0 Å². The van der Waals surface area contributed by atoms with Crippen molar-refractivity contribution in [1.29, 1.82) is 0 Å². The third-order valence-electron chi connectivity index (χ3n) is 14.5. The van der Waals surface area contributed by atoms with E-state index in [4.69, 9.17) is 4.74 Å². The van der Waals surface area contributed by atoms with E-state index in [1.54, 1.807) is 6.92 Å². The van der Waals surface area contributed by atoms with Gasteiger partial charge in [-0.15, -0.1) is 0 Å². The summed E-state index contributed by atoms with van der Waals surface area (Å²) in [4.78, 5) is 26.6. The van der Waals surface area contributed by atoms with E-state index in [9.17, 15) is 9.59 Å². The topological polar surface area (TPSA) is 43.4 Å². The van der Waals surface area contributed by atoms with Crippen molar-refractivity contribution >= 4 is 11.8 Å². The largest absolute Gasteiger partial charge is 0.462 e. The standard InChI is InChI=1S/C33H54O3/c1-21(34)36-26-12-13-30(7)22(28(26,4)5)11-14-31(8)23(30)19-25(35)33(10)24-20-27(2,3)15-16-29(24,6)17-18-32(31,33)9/h22-24,26H,11-20H2,1-10H3. The summed E-state index contributed by atoms with van der Waals surface area (Å²) in [5.74, 6) is 1.79. The Bertz CT molecular complexity index is 964. The highest BCUT2D eigenvalue weighted by Crippen LogP contribution is 2.79. The third-order valence-corrected chi connectivity index (χ3v) is 14.5. The van der Waals surface area contributed by atoms with Gasteiger partial charge in [0.2, 0.25) is 0 Å². The predicted molar refractivity (Wildman–Crippen MR) is 145 cm³/mol. The van der Waals surface area contributed by atoms with Gasteiger partial charge in [0.05, 0.1) is 0 Å². The van der Waals surface area contributed by atoms with E-state index in [0.717, 1.165) is 19.3 Å². The first-order valence-electron chi connectivity index (χ1n) is 15.1. The first-order valence-corrected chi connectivity index (χ1v) is 15.1. The molecule has 3 nitrogen and oxygen atoms in total. The highest BCUT2D eigenvalue weighted by molar-refractivity contribution is 5.88. The minimum absolute atomic E-state index is 0.0163. The molecular weight excluding hydrogens is 444 g/mol. The molecule has 9 unspecified atom stereocenters. The molecule has 0 aliphatic heterocycles. The Kier molecular flexibility index (Phi) is 5.66. The summed E-state index contributed by atoms with van der Waals surface area (Å²) in [7, 11) is 0. The lowest BCUT2D eigenvalue weighted by Gasteiger charge is -2.76. The van der Waals surface area contributed by atoms with Gasteiger partial charge in [0, 0.05) is 24.2 Å². The molecule has 5 aliphatic rings. The van der Waals surface area contributed by atoms with Crippen molar-refractivity contribution < 1.29 is 14.3 Å². The van der Waals surface area contributed by atoms with Crippen LogP contribution in [0.2, 0.25) is 0 Å². The van der Waals surface area contributed by atoms with E-state index >= 15 is 0 Å². The van der Waals surface area contributed by atoms with Gasteiger partial charge in [0.25, 0.3) is 0 Å². The molecule has 0 amide bonds. The number of hydrogen-bond donors (Lipinski definition) is 0. The van der Waals surface area contributed by atoms with Crippen LogP contribution in [0.25, 0.3) is 0 Å². The Balaban J connectivity index is 1.57. The van der Waals surface area contributed by atoms with Crippen LogP contribution in [0.1, 0.15) is 133 Å². The second-order valence-electron chi connectivity index (χ2n) is 16.8. The smallest absolute Gasteiger partial charge is 0.302 e. The average Bonchev–Trinajstić information content (AvgIpc) is 2.76. The molecule has 0 heterocycles. The van der Waals surface area contributed by atoms with Gasteiger partial charge in [-0.1, -0.05) is 62.3 Å². The second kappa shape index (κ2) is 7.62. The van der Waals surface area contributed by atoms with E-state index < -0.39 is 0 Å². The maximum absolute atomic E-state index is 14.7. The molecule has 3 heteroatoms. The highest BCUT2D eigenvalue weighted by atomic mass is 16.5. The number of ketones is 1. The average molecular weight is 499 g/mol. The Morgan fingerprint density at radius 3 is 2.06 bits per heavy atom. The zero-order chi connectivity index (χ0) is 26.7. The van der Waals surface area contributed by atoms with Crippen molar-refractivity contribution in [2.24, 2.45) is 55.7 Å². The highest BCUT2D eigenvalue weighted by Gasteiger charge is 2.75. The van der Waals surface area contributed by atoms with Crippen molar-refractivity contribution in [2.75, 3.05) is 0 Å². The number of esters is 1. The van der Waals surface area contributed by atoms with Crippen molar-refractivity contribution in [2.45, 2.75) is 140 Å². The minimum atomic E-state index is -0.239. The number of rotatable bonds is 1. The Morgan fingerprint density at radius 2 is 1.42 bits per heavy atom. The molecule has 0 aromatic rings. The van der Waals surface area contributed by atoms with E-state index in [1.807, 2.05) is 0 Å². The summed E-state index contributed by atoms with van der Waals surface area (Å²) in [6, 6.07) is 0. The molecule has 0 radical (unpaired) electrons. The number of carbonyl (C=O) groups is 2. The fourth-order valence-electron chi connectivity index (χ4n) is 11.9. The summed E-state index contributed by atoms with van der Waals surface area (Å²) in [6.45, 7) is 23.7. The van der Waals surface area contributed by atoms with E-state index in [2.05, 4.69) is 62.3 Å². The van der Waals surface area contributed by atoms with E-state index in [0.29, 0.717) is 34.4 Å². The van der Waals surface area contributed by atoms with Crippen LogP contribution < -0.4 is 0 Å². The first kappa shape index (κ1) is 26.7. The van der Waals surface area contributed by atoms with E-state index in [-0.39, 0.29) is 39.1 Å². The predicted octanol–water partition coefficient (Wildman–Crippen LogP) is 8.39. The molecule has 0 spiro atoms. The van der Waals surface area contributed by atoms with Crippen molar-refractivity contribution in [3.8, 4) is 0 Å². The molecule has 0 saturated heterocycles. The molecule has 5 aliphatic carbocycles. The normalized spacial score (nSPS) is 53.3. The molecule has 0 aromatic carbocycles.